The molecule has 0 spiro atoms. The van der Waals surface area contributed by atoms with Crippen molar-refractivity contribution < 1.29 is 19.1 Å². The third-order valence-corrected chi connectivity index (χ3v) is 7.06. The SMILES string of the molecule is COc1ccc(NC(=O)c2ccc(-c3ccc(C4=NC(C)ON4C)cc3)cc2)cc1OC[C@H]1CCCN1C. The van der Waals surface area contributed by atoms with Gasteiger partial charge in [0, 0.05) is 36.0 Å². The Morgan fingerprint density at radius 1 is 1.00 bits per heavy atom. The number of aliphatic imine (C=N–C) groups is 1. The number of nitrogens with one attached hydrogen (secondary N) is 1. The minimum atomic E-state index is -0.185. The lowest BCUT2D eigenvalue weighted by atomic mass is 10.0. The van der Waals surface area contributed by atoms with E-state index in [1.807, 2.05) is 80.7 Å². The molecule has 1 unspecified atom stereocenters. The van der Waals surface area contributed by atoms with E-state index < -0.39 is 0 Å². The maximum Gasteiger partial charge on any atom is 0.255 e. The van der Waals surface area contributed by atoms with Crippen molar-refractivity contribution in [2.45, 2.75) is 32.0 Å². The summed E-state index contributed by atoms with van der Waals surface area (Å²) in [6.45, 7) is 3.59. The quantitative estimate of drug-likeness (QED) is 0.453. The van der Waals surface area contributed by atoms with Crippen molar-refractivity contribution in [2.24, 2.45) is 4.99 Å². The van der Waals surface area contributed by atoms with Crippen LogP contribution >= 0.6 is 0 Å². The second-order valence-corrected chi connectivity index (χ2v) is 9.72. The van der Waals surface area contributed by atoms with Crippen molar-refractivity contribution in [3.63, 3.8) is 0 Å². The average Bonchev–Trinajstić information content (AvgIpc) is 3.50. The lowest BCUT2D eigenvalue weighted by Gasteiger charge is -2.21. The van der Waals surface area contributed by atoms with Gasteiger partial charge < -0.3 is 19.7 Å². The number of nitrogens with zero attached hydrogens (tertiary/aromatic N) is 3. The molecule has 1 amide bonds. The number of amidine groups is 1. The number of carbonyl (C=O) groups excluding carboxylic acids is 1. The smallest absolute Gasteiger partial charge is 0.255 e. The molecule has 3 aromatic rings. The van der Waals surface area contributed by atoms with E-state index in [-0.39, 0.29) is 12.1 Å². The Balaban J connectivity index is 1.23. The molecule has 2 atom stereocenters. The molecule has 0 radical (unpaired) electrons. The standard InChI is InChI=1S/C30H34N4O4/c1-20-31-29(34(3)38-20)23-11-7-21(8-12-23)22-9-13-24(14-10-22)30(35)32-25-15-16-27(36-4)28(18-25)37-19-26-6-5-17-33(26)2/h7-16,18,20,26H,5-6,17,19H2,1-4H3,(H,32,35)/t20?,26-/m1/s1. The lowest BCUT2D eigenvalue weighted by Crippen LogP contribution is -2.30. The Labute approximate surface area is 223 Å². The molecular formula is C30H34N4O4. The third-order valence-electron chi connectivity index (χ3n) is 7.06. The highest BCUT2D eigenvalue weighted by atomic mass is 16.7. The van der Waals surface area contributed by atoms with E-state index in [1.165, 1.54) is 6.42 Å². The number of likely N-dealkylation sites (tertiary alicyclic amines) is 1. The maximum absolute atomic E-state index is 13.0. The Hall–Kier alpha value is -3.88. The van der Waals surface area contributed by atoms with E-state index in [2.05, 4.69) is 22.3 Å². The first-order valence-electron chi connectivity index (χ1n) is 12.9. The molecule has 38 heavy (non-hydrogen) atoms. The van der Waals surface area contributed by atoms with Crippen molar-refractivity contribution in [1.82, 2.24) is 9.96 Å². The van der Waals surface area contributed by atoms with Gasteiger partial charge >= 0.3 is 0 Å². The van der Waals surface area contributed by atoms with Crippen molar-refractivity contribution in [2.75, 3.05) is 39.7 Å². The largest absolute Gasteiger partial charge is 0.493 e. The van der Waals surface area contributed by atoms with Gasteiger partial charge in [0.2, 0.25) is 0 Å². The molecule has 2 heterocycles. The first-order valence-corrected chi connectivity index (χ1v) is 12.9. The molecule has 2 aliphatic rings. The zero-order valence-corrected chi connectivity index (χ0v) is 22.3. The number of hydroxylamine groups is 2. The molecular weight excluding hydrogens is 480 g/mol. The summed E-state index contributed by atoms with van der Waals surface area (Å²) in [6, 6.07) is 21.6. The van der Waals surface area contributed by atoms with Gasteiger partial charge in [-0.25, -0.2) is 14.9 Å². The number of hydrogen-bond acceptors (Lipinski definition) is 7. The molecule has 198 valence electrons. The van der Waals surface area contributed by atoms with Crippen molar-refractivity contribution >= 4 is 17.4 Å². The molecule has 8 heteroatoms. The van der Waals surface area contributed by atoms with Crippen LogP contribution in [0, 0.1) is 0 Å². The fourth-order valence-electron chi connectivity index (χ4n) is 4.88. The predicted molar refractivity (Wildman–Crippen MR) is 149 cm³/mol. The number of ether oxygens (including phenoxy) is 2. The number of amides is 1. The van der Waals surface area contributed by atoms with Crippen LogP contribution in [0.2, 0.25) is 0 Å². The second kappa shape index (κ2) is 11.2. The number of methoxy groups -OCH3 is 1. The molecule has 0 aliphatic carbocycles. The van der Waals surface area contributed by atoms with Gasteiger partial charge in [0.15, 0.2) is 23.6 Å². The molecule has 2 aliphatic heterocycles. The van der Waals surface area contributed by atoms with Gasteiger partial charge in [-0.05, 0) is 68.8 Å². The van der Waals surface area contributed by atoms with Gasteiger partial charge in [-0.3, -0.25) is 4.79 Å². The molecule has 8 nitrogen and oxygen atoms in total. The summed E-state index contributed by atoms with van der Waals surface area (Å²) >= 11 is 0. The monoisotopic (exact) mass is 514 g/mol. The number of carbonyl (C=O) groups is 1. The highest BCUT2D eigenvalue weighted by molar-refractivity contribution is 6.04. The van der Waals surface area contributed by atoms with Gasteiger partial charge in [-0.15, -0.1) is 0 Å². The normalized spacial score (nSPS) is 19.4. The summed E-state index contributed by atoms with van der Waals surface area (Å²) in [4.78, 5) is 25.3. The van der Waals surface area contributed by atoms with Crippen LogP contribution in [0.1, 0.15) is 35.7 Å². The van der Waals surface area contributed by atoms with Crippen LogP contribution in [0.15, 0.2) is 71.7 Å². The number of benzene rings is 3. The number of likely N-dealkylation sites (N-methyl/N-ethyl adjacent to an activating group) is 1. The molecule has 0 saturated carbocycles. The summed E-state index contributed by atoms with van der Waals surface area (Å²) in [5, 5.41) is 4.67. The maximum atomic E-state index is 13.0. The Morgan fingerprint density at radius 3 is 2.29 bits per heavy atom. The zero-order chi connectivity index (χ0) is 26.6. The number of anilines is 1. The van der Waals surface area contributed by atoms with Crippen LogP contribution in [0.4, 0.5) is 5.69 Å². The minimum absolute atomic E-state index is 0.177. The summed E-state index contributed by atoms with van der Waals surface area (Å²) in [6.07, 6.45) is 2.13. The lowest BCUT2D eigenvalue weighted by molar-refractivity contribution is -0.0959. The van der Waals surface area contributed by atoms with Crippen LogP contribution in [0.5, 0.6) is 11.5 Å². The Kier molecular flexibility index (Phi) is 7.62. The van der Waals surface area contributed by atoms with E-state index in [0.717, 1.165) is 35.5 Å². The first kappa shape index (κ1) is 25.8. The fourth-order valence-corrected chi connectivity index (χ4v) is 4.88. The van der Waals surface area contributed by atoms with Gasteiger partial charge in [-0.1, -0.05) is 36.4 Å². The molecule has 1 fully saturated rings. The van der Waals surface area contributed by atoms with Crippen LogP contribution in [0.3, 0.4) is 0 Å². The third kappa shape index (κ3) is 5.66. The van der Waals surface area contributed by atoms with Gasteiger partial charge in [-0.2, -0.15) is 0 Å². The highest BCUT2D eigenvalue weighted by Gasteiger charge is 2.22. The van der Waals surface area contributed by atoms with E-state index in [1.54, 1.807) is 12.2 Å². The molecule has 0 bridgehead atoms. The van der Waals surface area contributed by atoms with E-state index in [4.69, 9.17) is 14.3 Å². The van der Waals surface area contributed by atoms with Gasteiger partial charge in [0.1, 0.15) is 6.61 Å². The van der Waals surface area contributed by atoms with Gasteiger partial charge in [0.05, 0.1) is 7.11 Å². The summed E-state index contributed by atoms with van der Waals surface area (Å²) in [5.74, 6) is 1.90. The topological polar surface area (TPSA) is 75.6 Å². The molecule has 1 saturated heterocycles. The Bertz CT molecular complexity index is 1310. The van der Waals surface area contributed by atoms with Crippen molar-refractivity contribution in [1.29, 1.82) is 0 Å². The van der Waals surface area contributed by atoms with E-state index in [9.17, 15) is 4.79 Å². The molecule has 3 aromatic carbocycles. The van der Waals surface area contributed by atoms with Crippen LogP contribution in [-0.4, -0.2) is 68.3 Å². The second-order valence-electron chi connectivity index (χ2n) is 9.72. The average molecular weight is 515 g/mol. The van der Waals surface area contributed by atoms with E-state index in [0.29, 0.717) is 35.4 Å². The number of rotatable bonds is 8. The number of hydrogen-bond donors (Lipinski definition) is 1. The Morgan fingerprint density at radius 2 is 1.68 bits per heavy atom. The van der Waals surface area contributed by atoms with Crippen molar-refractivity contribution in [3.05, 3.63) is 77.9 Å². The van der Waals surface area contributed by atoms with Crippen LogP contribution < -0.4 is 14.8 Å². The fraction of sp³-hybridized carbons (Fsp3) is 0.333. The summed E-state index contributed by atoms with van der Waals surface area (Å²) < 4.78 is 11.6. The van der Waals surface area contributed by atoms with Crippen LogP contribution in [-0.2, 0) is 4.84 Å². The van der Waals surface area contributed by atoms with E-state index >= 15 is 0 Å². The highest BCUT2D eigenvalue weighted by Crippen LogP contribution is 2.31. The zero-order valence-electron chi connectivity index (χ0n) is 22.3. The minimum Gasteiger partial charge on any atom is -0.493 e. The molecule has 1 N–H and O–H groups in total. The first-order chi connectivity index (χ1) is 18.4. The summed E-state index contributed by atoms with van der Waals surface area (Å²) in [7, 11) is 5.60. The summed E-state index contributed by atoms with van der Waals surface area (Å²) in [5.41, 5.74) is 4.31. The predicted octanol–water partition coefficient (Wildman–Crippen LogP) is 5.06. The van der Waals surface area contributed by atoms with Gasteiger partial charge in [0.25, 0.3) is 5.91 Å². The van der Waals surface area contributed by atoms with Crippen LogP contribution in [0.25, 0.3) is 11.1 Å². The van der Waals surface area contributed by atoms with Crippen molar-refractivity contribution in [3.8, 4) is 22.6 Å². The molecule has 5 rings (SSSR count). The molecule has 0 aromatic heterocycles.